The highest BCUT2D eigenvalue weighted by Gasteiger charge is 2.41. The average molecular weight is 204 g/mol. The molecule has 0 unspecified atom stereocenters. The van der Waals surface area contributed by atoms with Crippen molar-refractivity contribution in [3.63, 3.8) is 0 Å². The van der Waals surface area contributed by atoms with Crippen LogP contribution in [0, 0.1) is 0 Å². The van der Waals surface area contributed by atoms with Crippen LogP contribution in [0.15, 0.2) is 0 Å². The van der Waals surface area contributed by atoms with E-state index in [2.05, 4.69) is 0 Å². The molecule has 76 valence electrons. The highest BCUT2D eigenvalue weighted by Crippen LogP contribution is 2.32. The second-order valence-corrected chi connectivity index (χ2v) is 6.22. The van der Waals surface area contributed by atoms with Crippen molar-refractivity contribution >= 4 is 10.0 Å². The van der Waals surface area contributed by atoms with Gasteiger partial charge < -0.3 is 5.73 Å². The molecule has 5 heteroatoms. The Morgan fingerprint density at radius 3 is 2.46 bits per heavy atom. The van der Waals surface area contributed by atoms with Gasteiger partial charge in [0.15, 0.2) is 0 Å². The van der Waals surface area contributed by atoms with Crippen molar-refractivity contribution in [1.82, 2.24) is 4.31 Å². The molecule has 1 aliphatic carbocycles. The fraction of sp³-hybridized carbons (Fsp3) is 1.00. The van der Waals surface area contributed by atoms with Crippen LogP contribution in [0.1, 0.15) is 25.7 Å². The van der Waals surface area contributed by atoms with Crippen molar-refractivity contribution in [3.8, 4) is 0 Å². The van der Waals surface area contributed by atoms with Crippen molar-refractivity contribution in [2.24, 2.45) is 5.73 Å². The Bertz CT molecular complexity index is 285. The van der Waals surface area contributed by atoms with Crippen LogP contribution in [0.4, 0.5) is 0 Å². The first kappa shape index (κ1) is 9.43. The van der Waals surface area contributed by atoms with Gasteiger partial charge in [-0.2, -0.15) is 0 Å². The normalized spacial score (nSPS) is 31.9. The zero-order valence-electron chi connectivity index (χ0n) is 7.65. The number of piperidine rings is 1. The maximum atomic E-state index is 11.8. The summed E-state index contributed by atoms with van der Waals surface area (Å²) in [5, 5.41) is -0.0854. The molecule has 1 heterocycles. The number of hydrogen-bond acceptors (Lipinski definition) is 3. The van der Waals surface area contributed by atoms with Gasteiger partial charge in [-0.1, -0.05) is 0 Å². The fourth-order valence-corrected chi connectivity index (χ4v) is 3.72. The van der Waals surface area contributed by atoms with E-state index in [-0.39, 0.29) is 11.3 Å². The molecule has 4 nitrogen and oxygen atoms in total. The smallest absolute Gasteiger partial charge is 0.217 e. The molecule has 0 aromatic rings. The van der Waals surface area contributed by atoms with E-state index in [0.29, 0.717) is 13.1 Å². The van der Waals surface area contributed by atoms with Gasteiger partial charge in [0.25, 0.3) is 0 Å². The number of hydrogen-bond donors (Lipinski definition) is 1. The van der Waals surface area contributed by atoms with Crippen molar-refractivity contribution in [2.75, 3.05) is 13.1 Å². The third-order valence-electron chi connectivity index (χ3n) is 2.73. The first-order valence-corrected chi connectivity index (χ1v) is 6.35. The molecule has 0 spiro atoms. The number of rotatable bonds is 2. The first-order chi connectivity index (χ1) is 6.10. The van der Waals surface area contributed by atoms with Crippen LogP contribution in [0.2, 0.25) is 0 Å². The standard InChI is InChI=1S/C8H16N2O2S/c9-7-2-1-5-10(6-7)13(11,12)8-3-4-8/h7-8H,1-6,9H2/t7-/m1/s1. The second kappa shape index (κ2) is 3.22. The van der Waals surface area contributed by atoms with E-state index in [1.54, 1.807) is 4.31 Å². The Morgan fingerprint density at radius 1 is 1.23 bits per heavy atom. The van der Waals surface area contributed by atoms with Crippen molar-refractivity contribution in [3.05, 3.63) is 0 Å². The molecule has 1 aliphatic heterocycles. The molecule has 2 aliphatic rings. The minimum Gasteiger partial charge on any atom is -0.327 e. The minimum atomic E-state index is -2.97. The Hall–Kier alpha value is -0.130. The molecule has 2 N–H and O–H groups in total. The quantitative estimate of drug-likeness (QED) is 0.683. The van der Waals surface area contributed by atoms with E-state index < -0.39 is 10.0 Å². The summed E-state index contributed by atoms with van der Waals surface area (Å²) in [4.78, 5) is 0. The van der Waals surface area contributed by atoms with Crippen LogP contribution >= 0.6 is 0 Å². The van der Waals surface area contributed by atoms with E-state index in [4.69, 9.17) is 5.73 Å². The third kappa shape index (κ3) is 1.87. The van der Waals surface area contributed by atoms with Gasteiger partial charge in [0.05, 0.1) is 5.25 Å². The maximum absolute atomic E-state index is 11.8. The number of nitrogens with zero attached hydrogens (tertiary/aromatic N) is 1. The van der Waals surface area contributed by atoms with Gasteiger partial charge in [0.1, 0.15) is 0 Å². The zero-order valence-corrected chi connectivity index (χ0v) is 8.46. The molecule has 2 fully saturated rings. The Kier molecular flexibility index (Phi) is 2.33. The summed E-state index contributed by atoms with van der Waals surface area (Å²) in [5.41, 5.74) is 5.74. The molecule has 0 amide bonds. The molecule has 2 rings (SSSR count). The fourth-order valence-electron chi connectivity index (χ4n) is 1.78. The van der Waals surface area contributed by atoms with Gasteiger partial charge in [-0.3, -0.25) is 0 Å². The van der Waals surface area contributed by atoms with E-state index in [1.165, 1.54) is 0 Å². The van der Waals surface area contributed by atoms with Gasteiger partial charge >= 0.3 is 0 Å². The second-order valence-electron chi connectivity index (χ2n) is 4.00. The molecular weight excluding hydrogens is 188 g/mol. The molecule has 0 aromatic heterocycles. The van der Waals surface area contributed by atoms with Gasteiger partial charge in [-0.05, 0) is 25.7 Å². The van der Waals surface area contributed by atoms with E-state index in [0.717, 1.165) is 25.7 Å². The summed E-state index contributed by atoms with van der Waals surface area (Å²) in [7, 11) is -2.97. The molecule has 0 radical (unpaired) electrons. The molecular formula is C8H16N2O2S. The highest BCUT2D eigenvalue weighted by atomic mass is 32.2. The van der Waals surface area contributed by atoms with Crippen LogP contribution in [0.5, 0.6) is 0 Å². The predicted molar refractivity (Wildman–Crippen MR) is 50.7 cm³/mol. The lowest BCUT2D eigenvalue weighted by molar-refractivity contribution is 0.315. The Morgan fingerprint density at radius 2 is 1.92 bits per heavy atom. The Labute approximate surface area is 79.1 Å². The topological polar surface area (TPSA) is 63.4 Å². The van der Waals surface area contributed by atoms with E-state index >= 15 is 0 Å². The predicted octanol–water partition coefficient (Wildman–Crippen LogP) is -0.0983. The molecule has 1 saturated carbocycles. The molecule has 13 heavy (non-hydrogen) atoms. The van der Waals surface area contributed by atoms with Gasteiger partial charge in [-0.25, -0.2) is 12.7 Å². The van der Waals surface area contributed by atoms with Gasteiger partial charge in [0, 0.05) is 19.1 Å². The monoisotopic (exact) mass is 204 g/mol. The first-order valence-electron chi connectivity index (χ1n) is 4.85. The van der Waals surface area contributed by atoms with Crippen molar-refractivity contribution in [2.45, 2.75) is 37.0 Å². The van der Waals surface area contributed by atoms with E-state index in [1.807, 2.05) is 0 Å². The molecule has 0 bridgehead atoms. The summed E-state index contributed by atoms with van der Waals surface area (Å²) in [6.07, 6.45) is 3.55. The zero-order chi connectivity index (χ0) is 9.47. The highest BCUT2D eigenvalue weighted by molar-refractivity contribution is 7.90. The largest absolute Gasteiger partial charge is 0.327 e. The summed E-state index contributed by atoms with van der Waals surface area (Å²) >= 11 is 0. The number of sulfonamides is 1. The molecule has 1 saturated heterocycles. The Balaban J connectivity index is 2.06. The van der Waals surface area contributed by atoms with Gasteiger partial charge in [-0.15, -0.1) is 0 Å². The van der Waals surface area contributed by atoms with Crippen LogP contribution in [0.25, 0.3) is 0 Å². The van der Waals surface area contributed by atoms with Gasteiger partial charge in [0.2, 0.25) is 10.0 Å². The SMILES string of the molecule is N[C@@H]1CCCN(S(=O)(=O)C2CC2)C1. The lowest BCUT2D eigenvalue weighted by Crippen LogP contribution is -2.46. The summed E-state index contributed by atoms with van der Waals surface area (Å²) in [5.74, 6) is 0. The van der Waals surface area contributed by atoms with E-state index in [9.17, 15) is 8.42 Å². The van der Waals surface area contributed by atoms with Crippen molar-refractivity contribution < 1.29 is 8.42 Å². The van der Waals surface area contributed by atoms with Crippen molar-refractivity contribution in [1.29, 1.82) is 0 Å². The third-order valence-corrected chi connectivity index (χ3v) is 5.09. The lowest BCUT2D eigenvalue weighted by Gasteiger charge is -2.29. The van der Waals surface area contributed by atoms with Crippen LogP contribution < -0.4 is 5.73 Å². The van der Waals surface area contributed by atoms with Crippen LogP contribution in [-0.2, 0) is 10.0 Å². The summed E-state index contributed by atoms with van der Waals surface area (Å²) < 4.78 is 25.1. The lowest BCUT2D eigenvalue weighted by atomic mass is 10.1. The number of nitrogens with two attached hydrogens (primary N) is 1. The van der Waals surface area contributed by atoms with Crippen LogP contribution in [0.3, 0.4) is 0 Å². The minimum absolute atomic E-state index is 0.0438. The maximum Gasteiger partial charge on any atom is 0.217 e. The molecule has 0 aromatic carbocycles. The molecule has 1 atom stereocenters. The summed E-state index contributed by atoms with van der Waals surface area (Å²) in [6, 6.07) is 0.0438. The average Bonchev–Trinajstić information content (AvgIpc) is 2.86. The van der Waals surface area contributed by atoms with Crippen LogP contribution in [-0.4, -0.2) is 37.1 Å². The summed E-state index contributed by atoms with van der Waals surface area (Å²) in [6.45, 7) is 1.20.